The van der Waals surface area contributed by atoms with E-state index in [1.54, 1.807) is 0 Å². The van der Waals surface area contributed by atoms with Gasteiger partial charge in [0.15, 0.2) is 0 Å². The molecule has 1 atom stereocenters. The predicted octanol–water partition coefficient (Wildman–Crippen LogP) is 3.97. The van der Waals surface area contributed by atoms with Crippen LogP contribution in [0.15, 0.2) is 24.3 Å². The summed E-state index contributed by atoms with van der Waals surface area (Å²) in [4.78, 5) is 0. The van der Waals surface area contributed by atoms with Crippen molar-refractivity contribution >= 4 is 0 Å². The molecule has 0 bridgehead atoms. The smallest absolute Gasteiger partial charge is 0.119 e. The van der Waals surface area contributed by atoms with Gasteiger partial charge in [-0.15, -0.1) is 0 Å². The maximum Gasteiger partial charge on any atom is 0.119 e. The zero-order chi connectivity index (χ0) is 13.4. The molecule has 1 N–H and O–H groups in total. The SMILES string of the molecule is CCCC(CNCC)Oc1ccc(C(C)C)cc1. The summed E-state index contributed by atoms with van der Waals surface area (Å²) < 4.78 is 6.03. The van der Waals surface area contributed by atoms with Crippen molar-refractivity contribution in [2.24, 2.45) is 0 Å². The van der Waals surface area contributed by atoms with Gasteiger partial charge in [-0.2, -0.15) is 0 Å². The molecular weight excluding hydrogens is 222 g/mol. The highest BCUT2D eigenvalue weighted by atomic mass is 16.5. The molecule has 0 spiro atoms. The lowest BCUT2D eigenvalue weighted by Crippen LogP contribution is -2.31. The summed E-state index contributed by atoms with van der Waals surface area (Å²) in [5, 5.41) is 3.36. The molecule has 0 fully saturated rings. The molecular formula is C16H27NO. The highest BCUT2D eigenvalue weighted by molar-refractivity contribution is 5.29. The van der Waals surface area contributed by atoms with Crippen LogP contribution in [0, 0.1) is 0 Å². The normalized spacial score (nSPS) is 12.7. The molecule has 102 valence electrons. The van der Waals surface area contributed by atoms with Crippen molar-refractivity contribution in [1.29, 1.82) is 0 Å². The van der Waals surface area contributed by atoms with E-state index in [4.69, 9.17) is 4.74 Å². The molecule has 1 aromatic carbocycles. The molecule has 0 saturated carbocycles. The van der Waals surface area contributed by atoms with Gasteiger partial charge in [0.1, 0.15) is 11.9 Å². The molecule has 1 rings (SSSR count). The second-order valence-electron chi connectivity index (χ2n) is 5.06. The van der Waals surface area contributed by atoms with Crippen LogP contribution in [0.3, 0.4) is 0 Å². The fraction of sp³-hybridized carbons (Fsp3) is 0.625. The zero-order valence-electron chi connectivity index (χ0n) is 12.2. The molecule has 2 heteroatoms. The molecule has 1 aromatic rings. The lowest BCUT2D eigenvalue weighted by Gasteiger charge is -2.19. The van der Waals surface area contributed by atoms with Gasteiger partial charge in [-0.05, 0) is 36.6 Å². The summed E-state index contributed by atoms with van der Waals surface area (Å²) in [6, 6.07) is 8.50. The zero-order valence-corrected chi connectivity index (χ0v) is 12.2. The Hall–Kier alpha value is -1.02. The minimum atomic E-state index is 0.278. The first-order valence-corrected chi connectivity index (χ1v) is 7.14. The first-order valence-electron chi connectivity index (χ1n) is 7.14. The van der Waals surface area contributed by atoms with Crippen LogP contribution in [0.25, 0.3) is 0 Å². The molecule has 0 aliphatic rings. The standard InChI is InChI=1S/C16H27NO/c1-5-7-16(12-17-6-2)18-15-10-8-14(9-11-15)13(3)4/h8-11,13,16-17H,5-7,12H2,1-4H3. The van der Waals surface area contributed by atoms with E-state index in [0.29, 0.717) is 5.92 Å². The van der Waals surface area contributed by atoms with Gasteiger partial charge in [-0.25, -0.2) is 0 Å². The van der Waals surface area contributed by atoms with E-state index >= 15 is 0 Å². The number of ether oxygens (including phenoxy) is 1. The Kier molecular flexibility index (Phi) is 6.81. The fourth-order valence-electron chi connectivity index (χ4n) is 1.95. The molecule has 18 heavy (non-hydrogen) atoms. The van der Waals surface area contributed by atoms with Gasteiger partial charge in [0.05, 0.1) is 0 Å². The highest BCUT2D eigenvalue weighted by Crippen LogP contribution is 2.20. The number of likely N-dealkylation sites (N-methyl/N-ethyl adjacent to an activating group) is 1. The van der Waals surface area contributed by atoms with Crippen molar-refractivity contribution in [3.8, 4) is 5.75 Å². The van der Waals surface area contributed by atoms with Crippen molar-refractivity contribution in [3.63, 3.8) is 0 Å². The summed E-state index contributed by atoms with van der Waals surface area (Å²) in [5.74, 6) is 1.56. The van der Waals surface area contributed by atoms with Crippen LogP contribution in [0.1, 0.15) is 52.0 Å². The highest BCUT2D eigenvalue weighted by Gasteiger charge is 2.09. The van der Waals surface area contributed by atoms with Crippen molar-refractivity contribution in [2.75, 3.05) is 13.1 Å². The third kappa shape index (κ3) is 5.09. The Morgan fingerprint density at radius 1 is 1.11 bits per heavy atom. The van der Waals surface area contributed by atoms with E-state index < -0.39 is 0 Å². The number of rotatable bonds is 8. The van der Waals surface area contributed by atoms with Gasteiger partial charge in [-0.3, -0.25) is 0 Å². The summed E-state index contributed by atoms with van der Waals surface area (Å²) in [7, 11) is 0. The molecule has 0 heterocycles. The molecule has 1 unspecified atom stereocenters. The van der Waals surface area contributed by atoms with E-state index in [1.807, 2.05) is 0 Å². The largest absolute Gasteiger partial charge is 0.489 e. The van der Waals surface area contributed by atoms with Crippen molar-refractivity contribution in [2.45, 2.75) is 52.6 Å². The number of benzene rings is 1. The van der Waals surface area contributed by atoms with E-state index in [2.05, 4.69) is 57.3 Å². The Bertz CT molecular complexity index is 318. The van der Waals surface area contributed by atoms with Crippen LogP contribution >= 0.6 is 0 Å². The summed E-state index contributed by atoms with van der Waals surface area (Å²) in [5.41, 5.74) is 1.36. The average Bonchev–Trinajstić information content (AvgIpc) is 2.37. The van der Waals surface area contributed by atoms with Gasteiger partial charge in [-0.1, -0.05) is 46.2 Å². The third-order valence-electron chi connectivity index (χ3n) is 3.08. The van der Waals surface area contributed by atoms with Crippen LogP contribution in [-0.2, 0) is 0 Å². The minimum absolute atomic E-state index is 0.278. The van der Waals surface area contributed by atoms with E-state index in [-0.39, 0.29) is 6.10 Å². The monoisotopic (exact) mass is 249 g/mol. The maximum absolute atomic E-state index is 6.03. The molecule has 2 nitrogen and oxygen atoms in total. The van der Waals surface area contributed by atoms with Crippen LogP contribution in [0.5, 0.6) is 5.75 Å². The van der Waals surface area contributed by atoms with Gasteiger partial charge in [0, 0.05) is 6.54 Å². The second-order valence-corrected chi connectivity index (χ2v) is 5.06. The Balaban J connectivity index is 2.56. The van der Waals surface area contributed by atoms with Crippen LogP contribution in [0.2, 0.25) is 0 Å². The maximum atomic E-state index is 6.03. The van der Waals surface area contributed by atoms with Gasteiger partial charge in [0.2, 0.25) is 0 Å². The van der Waals surface area contributed by atoms with Gasteiger partial charge >= 0.3 is 0 Å². The van der Waals surface area contributed by atoms with Crippen LogP contribution in [-0.4, -0.2) is 19.2 Å². The molecule has 0 amide bonds. The first kappa shape index (κ1) is 15.0. The number of hydrogen-bond acceptors (Lipinski definition) is 2. The fourth-order valence-corrected chi connectivity index (χ4v) is 1.95. The molecule has 0 radical (unpaired) electrons. The first-order chi connectivity index (χ1) is 8.67. The van der Waals surface area contributed by atoms with E-state index in [0.717, 1.165) is 31.7 Å². The molecule has 0 aliphatic heterocycles. The lowest BCUT2D eigenvalue weighted by atomic mass is 10.0. The van der Waals surface area contributed by atoms with Crippen molar-refractivity contribution < 1.29 is 4.74 Å². The quantitative estimate of drug-likeness (QED) is 0.753. The minimum Gasteiger partial charge on any atom is -0.489 e. The summed E-state index contributed by atoms with van der Waals surface area (Å²) >= 11 is 0. The lowest BCUT2D eigenvalue weighted by molar-refractivity contribution is 0.187. The van der Waals surface area contributed by atoms with Crippen LogP contribution < -0.4 is 10.1 Å². The van der Waals surface area contributed by atoms with E-state index in [9.17, 15) is 0 Å². The Morgan fingerprint density at radius 2 is 1.78 bits per heavy atom. The topological polar surface area (TPSA) is 21.3 Å². The number of hydrogen-bond donors (Lipinski definition) is 1. The Morgan fingerprint density at radius 3 is 2.28 bits per heavy atom. The van der Waals surface area contributed by atoms with Gasteiger partial charge in [0.25, 0.3) is 0 Å². The third-order valence-corrected chi connectivity index (χ3v) is 3.08. The number of nitrogens with one attached hydrogen (secondary N) is 1. The molecule has 0 aromatic heterocycles. The summed E-state index contributed by atoms with van der Waals surface area (Å²) in [6.45, 7) is 10.7. The van der Waals surface area contributed by atoms with Crippen molar-refractivity contribution in [1.82, 2.24) is 5.32 Å². The second kappa shape index (κ2) is 8.15. The predicted molar refractivity (Wildman–Crippen MR) is 78.4 cm³/mol. The molecule has 0 saturated heterocycles. The Labute approximate surface area is 112 Å². The van der Waals surface area contributed by atoms with Crippen molar-refractivity contribution in [3.05, 3.63) is 29.8 Å². The average molecular weight is 249 g/mol. The summed E-state index contributed by atoms with van der Waals surface area (Å²) in [6.07, 6.45) is 2.53. The van der Waals surface area contributed by atoms with Gasteiger partial charge < -0.3 is 10.1 Å². The molecule has 0 aliphatic carbocycles. The van der Waals surface area contributed by atoms with Crippen LogP contribution in [0.4, 0.5) is 0 Å². The van der Waals surface area contributed by atoms with E-state index in [1.165, 1.54) is 5.56 Å².